The van der Waals surface area contributed by atoms with Crippen molar-refractivity contribution >= 4 is 34.6 Å². The largest absolute Gasteiger partial charge is 0.423 e. The number of nitrogens with zero attached hydrogens (tertiary/aromatic N) is 2. The highest BCUT2D eigenvalue weighted by atomic mass is 32.2. The van der Waals surface area contributed by atoms with Crippen LogP contribution in [0.3, 0.4) is 0 Å². The lowest BCUT2D eigenvalue weighted by Gasteiger charge is -2.31. The van der Waals surface area contributed by atoms with E-state index in [1.807, 2.05) is 30.0 Å². The molecule has 0 spiro atoms. The van der Waals surface area contributed by atoms with Crippen molar-refractivity contribution in [1.29, 1.82) is 0 Å². The lowest BCUT2D eigenvalue weighted by Crippen LogP contribution is -2.40. The zero-order valence-corrected chi connectivity index (χ0v) is 10.5. The molecule has 1 unspecified atom stereocenters. The zero-order valence-electron chi connectivity index (χ0n) is 9.72. The molecule has 0 aliphatic carbocycles. The number of benzene rings is 1. The second-order valence-corrected chi connectivity index (χ2v) is 5.49. The molecule has 1 aliphatic heterocycles. The van der Waals surface area contributed by atoms with Gasteiger partial charge >= 0.3 is 0 Å². The monoisotopic (exact) mass is 249 g/mol. The number of hydrogen-bond donors (Lipinski definition) is 1. The van der Waals surface area contributed by atoms with E-state index < -0.39 is 0 Å². The van der Waals surface area contributed by atoms with Crippen LogP contribution in [0.15, 0.2) is 22.6 Å². The fourth-order valence-corrected chi connectivity index (χ4v) is 3.08. The van der Waals surface area contributed by atoms with E-state index in [1.54, 1.807) is 0 Å². The second kappa shape index (κ2) is 4.14. The number of rotatable bonds is 1. The van der Waals surface area contributed by atoms with E-state index in [4.69, 9.17) is 10.2 Å². The standard InChI is InChI=1S/C12H15N3OS/c1-8-7-17-5-4-15(8)12-14-10-6-9(13)2-3-11(10)16-12/h2-3,6,8H,4-5,7,13H2,1H3. The fourth-order valence-electron chi connectivity index (χ4n) is 2.07. The third-order valence-electron chi connectivity index (χ3n) is 3.01. The Morgan fingerprint density at radius 2 is 2.41 bits per heavy atom. The average molecular weight is 249 g/mol. The first-order chi connectivity index (χ1) is 8.24. The minimum atomic E-state index is 0.471. The van der Waals surface area contributed by atoms with Crippen LogP contribution >= 0.6 is 11.8 Å². The Kier molecular flexibility index (Phi) is 2.63. The van der Waals surface area contributed by atoms with Crippen LogP contribution in [0.4, 0.5) is 11.7 Å². The molecule has 17 heavy (non-hydrogen) atoms. The third kappa shape index (κ3) is 1.95. The molecule has 2 heterocycles. The van der Waals surface area contributed by atoms with Crippen LogP contribution in [-0.2, 0) is 0 Å². The lowest BCUT2D eigenvalue weighted by molar-refractivity contribution is 0.544. The molecule has 0 radical (unpaired) electrons. The normalized spacial score (nSPS) is 21.0. The van der Waals surface area contributed by atoms with E-state index in [0.717, 1.165) is 40.9 Å². The summed E-state index contributed by atoms with van der Waals surface area (Å²) in [5.41, 5.74) is 8.11. The van der Waals surface area contributed by atoms with Gasteiger partial charge in [0, 0.05) is 29.8 Å². The minimum Gasteiger partial charge on any atom is -0.423 e. The van der Waals surface area contributed by atoms with Crippen molar-refractivity contribution in [2.45, 2.75) is 13.0 Å². The molecule has 2 N–H and O–H groups in total. The maximum Gasteiger partial charge on any atom is 0.298 e. The Hall–Kier alpha value is -1.36. The van der Waals surface area contributed by atoms with Gasteiger partial charge in [-0.05, 0) is 25.1 Å². The number of thioether (sulfide) groups is 1. The molecule has 1 saturated heterocycles. The number of fused-ring (bicyclic) bond motifs is 1. The zero-order chi connectivity index (χ0) is 11.8. The summed E-state index contributed by atoms with van der Waals surface area (Å²) in [4.78, 5) is 6.75. The molecule has 5 heteroatoms. The number of nitrogen functional groups attached to an aromatic ring is 1. The van der Waals surface area contributed by atoms with Gasteiger partial charge in [0.2, 0.25) is 0 Å². The van der Waals surface area contributed by atoms with E-state index in [1.165, 1.54) is 0 Å². The summed E-state index contributed by atoms with van der Waals surface area (Å²) in [5.74, 6) is 2.26. The third-order valence-corrected chi connectivity index (χ3v) is 4.20. The van der Waals surface area contributed by atoms with E-state index >= 15 is 0 Å². The average Bonchev–Trinajstić information content (AvgIpc) is 2.72. The van der Waals surface area contributed by atoms with Gasteiger partial charge in [0.25, 0.3) is 6.01 Å². The first-order valence-corrected chi connectivity index (χ1v) is 6.90. The van der Waals surface area contributed by atoms with E-state index in [9.17, 15) is 0 Å². The number of anilines is 2. The van der Waals surface area contributed by atoms with Crippen molar-refractivity contribution in [1.82, 2.24) is 4.98 Å². The predicted octanol–water partition coefficient (Wildman–Crippen LogP) is 2.35. The van der Waals surface area contributed by atoms with Gasteiger partial charge in [-0.25, -0.2) is 0 Å². The van der Waals surface area contributed by atoms with Gasteiger partial charge < -0.3 is 15.1 Å². The van der Waals surface area contributed by atoms with Gasteiger partial charge in [-0.3, -0.25) is 0 Å². The lowest BCUT2D eigenvalue weighted by atomic mass is 10.3. The van der Waals surface area contributed by atoms with Crippen molar-refractivity contribution in [3.63, 3.8) is 0 Å². The quantitative estimate of drug-likeness (QED) is 0.786. The van der Waals surface area contributed by atoms with E-state index in [2.05, 4.69) is 16.8 Å². The van der Waals surface area contributed by atoms with Crippen LogP contribution in [0, 0.1) is 0 Å². The highest BCUT2D eigenvalue weighted by Gasteiger charge is 2.23. The summed E-state index contributed by atoms with van der Waals surface area (Å²) in [5, 5.41) is 0. The summed E-state index contributed by atoms with van der Waals surface area (Å²) < 4.78 is 5.78. The molecule has 1 aromatic heterocycles. The molecule has 3 rings (SSSR count). The molecule has 2 aromatic rings. The highest BCUT2D eigenvalue weighted by molar-refractivity contribution is 7.99. The van der Waals surface area contributed by atoms with Gasteiger partial charge in [-0.15, -0.1) is 0 Å². The smallest absolute Gasteiger partial charge is 0.298 e. The molecule has 1 aliphatic rings. The number of aromatic nitrogens is 1. The number of oxazole rings is 1. The van der Waals surface area contributed by atoms with Crippen molar-refractivity contribution in [3.8, 4) is 0 Å². The Morgan fingerprint density at radius 3 is 3.24 bits per heavy atom. The minimum absolute atomic E-state index is 0.471. The first-order valence-electron chi connectivity index (χ1n) is 5.74. The van der Waals surface area contributed by atoms with Crippen LogP contribution in [0.2, 0.25) is 0 Å². The highest BCUT2D eigenvalue weighted by Crippen LogP contribution is 2.27. The van der Waals surface area contributed by atoms with Crippen LogP contribution in [-0.4, -0.2) is 29.1 Å². The molecule has 1 aromatic carbocycles. The van der Waals surface area contributed by atoms with Crippen LogP contribution < -0.4 is 10.6 Å². The summed E-state index contributed by atoms with van der Waals surface area (Å²) in [6, 6.07) is 6.76. The Labute approximate surface area is 104 Å². The molecule has 0 saturated carbocycles. The van der Waals surface area contributed by atoms with Crippen molar-refractivity contribution in [3.05, 3.63) is 18.2 Å². The van der Waals surface area contributed by atoms with Gasteiger partial charge in [0.1, 0.15) is 5.52 Å². The SMILES string of the molecule is CC1CSCCN1c1nc2cc(N)ccc2o1. The van der Waals surface area contributed by atoms with Crippen molar-refractivity contribution in [2.24, 2.45) is 0 Å². The van der Waals surface area contributed by atoms with Gasteiger partial charge in [-0.1, -0.05) is 0 Å². The summed E-state index contributed by atoms with van der Waals surface area (Å²) >= 11 is 1.98. The molecule has 0 amide bonds. The number of nitrogens with two attached hydrogens (primary N) is 1. The van der Waals surface area contributed by atoms with Crippen LogP contribution in [0.25, 0.3) is 11.1 Å². The first kappa shape index (κ1) is 10.8. The van der Waals surface area contributed by atoms with Crippen LogP contribution in [0.1, 0.15) is 6.92 Å². The maximum absolute atomic E-state index is 5.78. The summed E-state index contributed by atoms with van der Waals surface area (Å²) in [6.45, 7) is 3.20. The summed E-state index contributed by atoms with van der Waals surface area (Å²) in [6.07, 6.45) is 0. The second-order valence-electron chi connectivity index (χ2n) is 4.34. The molecule has 1 fully saturated rings. The number of hydrogen-bond acceptors (Lipinski definition) is 5. The molecule has 4 nitrogen and oxygen atoms in total. The topological polar surface area (TPSA) is 55.3 Å². The van der Waals surface area contributed by atoms with Gasteiger partial charge in [0.05, 0.1) is 0 Å². The van der Waals surface area contributed by atoms with Crippen molar-refractivity contribution in [2.75, 3.05) is 28.7 Å². The van der Waals surface area contributed by atoms with Gasteiger partial charge in [0.15, 0.2) is 5.58 Å². The molecule has 0 bridgehead atoms. The van der Waals surface area contributed by atoms with E-state index in [-0.39, 0.29) is 0 Å². The maximum atomic E-state index is 5.78. The van der Waals surface area contributed by atoms with Crippen LogP contribution in [0.5, 0.6) is 0 Å². The predicted molar refractivity (Wildman–Crippen MR) is 72.6 cm³/mol. The van der Waals surface area contributed by atoms with E-state index in [0.29, 0.717) is 6.04 Å². The Morgan fingerprint density at radius 1 is 1.53 bits per heavy atom. The fraction of sp³-hybridized carbons (Fsp3) is 0.417. The van der Waals surface area contributed by atoms with Crippen molar-refractivity contribution < 1.29 is 4.42 Å². The Balaban J connectivity index is 1.99. The molecular formula is C12H15N3OS. The summed E-state index contributed by atoms with van der Waals surface area (Å²) in [7, 11) is 0. The van der Waals surface area contributed by atoms with Gasteiger partial charge in [-0.2, -0.15) is 16.7 Å². The molecule has 1 atom stereocenters. The molecular weight excluding hydrogens is 234 g/mol. The molecule has 90 valence electrons. The Bertz CT molecular complexity index is 540.